The molecule has 0 saturated carbocycles. The van der Waals surface area contributed by atoms with Crippen LogP contribution in [-0.2, 0) is 16.5 Å². The molecule has 5 nitrogen and oxygen atoms in total. The predicted molar refractivity (Wildman–Crippen MR) is 129 cm³/mol. The largest absolute Gasteiger partial charge is 0.399 e. The van der Waals surface area contributed by atoms with Crippen LogP contribution in [0, 0.1) is 0 Å². The molecule has 0 atom stereocenters. The number of rotatable bonds is 1. The first-order valence-electron chi connectivity index (χ1n) is 10.1. The Balaban J connectivity index is 0.00000216. The Bertz CT molecular complexity index is 1540. The monoisotopic (exact) mass is 459 g/mol. The molecule has 5 heterocycles. The number of aromatic amines is 2. The van der Waals surface area contributed by atoms with Gasteiger partial charge in [0.1, 0.15) is 0 Å². The van der Waals surface area contributed by atoms with E-state index in [1.54, 1.807) is 0 Å². The van der Waals surface area contributed by atoms with Crippen LogP contribution in [0.2, 0.25) is 0 Å². The van der Waals surface area contributed by atoms with Crippen LogP contribution >= 0.6 is 0 Å². The smallest absolute Gasteiger partial charge is 0.0658 e. The summed E-state index contributed by atoms with van der Waals surface area (Å²) in [5, 5.41) is 0. The zero-order valence-electron chi connectivity index (χ0n) is 16.9. The van der Waals surface area contributed by atoms with Crippen molar-refractivity contribution < 1.29 is 16.5 Å². The summed E-state index contributed by atoms with van der Waals surface area (Å²) in [6.07, 6.45) is 8.10. The molecule has 0 aliphatic carbocycles. The maximum Gasteiger partial charge on any atom is 0.0658 e. The average Bonchev–Trinajstić information content (AvgIpc) is 3.54. The molecule has 1 aromatic carbocycles. The Hall–Kier alpha value is -3.89. The van der Waals surface area contributed by atoms with E-state index >= 15 is 0 Å². The van der Waals surface area contributed by atoms with Gasteiger partial charge in [0.25, 0.3) is 0 Å². The summed E-state index contributed by atoms with van der Waals surface area (Å²) in [5.74, 6) is 0. The topological polar surface area (TPSA) is 83.4 Å². The van der Waals surface area contributed by atoms with Crippen LogP contribution in [0.4, 0.5) is 5.69 Å². The fourth-order valence-corrected chi connectivity index (χ4v) is 3.92. The number of fused-ring (bicyclic) bond motifs is 8. The van der Waals surface area contributed by atoms with E-state index in [1.807, 2.05) is 72.8 Å². The fraction of sp³-hybridized carbons (Fsp3) is 0. The van der Waals surface area contributed by atoms with E-state index in [2.05, 4.69) is 28.2 Å². The Kier molecular flexibility index (Phi) is 5.00. The van der Waals surface area contributed by atoms with Crippen molar-refractivity contribution in [3.63, 3.8) is 0 Å². The summed E-state index contributed by atoms with van der Waals surface area (Å²) in [6.45, 7) is 0. The van der Waals surface area contributed by atoms with Crippen molar-refractivity contribution >= 4 is 52.1 Å². The zero-order chi connectivity index (χ0) is 20.8. The van der Waals surface area contributed by atoms with Gasteiger partial charge < -0.3 is 15.7 Å². The summed E-state index contributed by atoms with van der Waals surface area (Å²) >= 11 is 0. The van der Waals surface area contributed by atoms with Gasteiger partial charge in [-0.15, -0.1) is 0 Å². The number of nitrogens with one attached hydrogen (secondary N) is 2. The molecule has 32 heavy (non-hydrogen) atoms. The number of hydrogen-bond acceptors (Lipinski definition) is 3. The van der Waals surface area contributed by atoms with E-state index in [0.29, 0.717) is 0 Å². The van der Waals surface area contributed by atoms with Crippen molar-refractivity contribution in [2.24, 2.45) is 0 Å². The molecule has 4 aromatic rings. The van der Waals surface area contributed by atoms with E-state index in [1.165, 1.54) is 0 Å². The molecule has 2 aliphatic rings. The Morgan fingerprint density at radius 2 is 1.09 bits per heavy atom. The standard InChI is InChI=1S/C26H19N5.Ni/c27-17-3-1-16(2-4-17)25-14-24-13-22-8-7-20(29-22)11-18-5-6-19(28-18)12-21-9-10-23(30-21)15-26(25)31-24;/h1-15,28,31H,27H2;. The third-order valence-electron chi connectivity index (χ3n) is 5.39. The van der Waals surface area contributed by atoms with Crippen LogP contribution in [0.25, 0.3) is 57.5 Å². The first-order chi connectivity index (χ1) is 15.2. The van der Waals surface area contributed by atoms with Crippen LogP contribution < -0.4 is 5.73 Å². The summed E-state index contributed by atoms with van der Waals surface area (Å²) in [7, 11) is 0. The second kappa shape index (κ2) is 7.99. The number of nitrogens with two attached hydrogens (primary N) is 1. The first-order valence-corrected chi connectivity index (χ1v) is 10.1. The van der Waals surface area contributed by atoms with E-state index < -0.39 is 0 Å². The molecule has 0 radical (unpaired) electrons. The van der Waals surface area contributed by atoms with Gasteiger partial charge in [0.05, 0.1) is 22.8 Å². The zero-order valence-corrected chi connectivity index (χ0v) is 17.9. The van der Waals surface area contributed by atoms with Gasteiger partial charge in [-0.3, -0.25) is 0 Å². The van der Waals surface area contributed by atoms with Crippen LogP contribution in [0.5, 0.6) is 0 Å². The summed E-state index contributed by atoms with van der Waals surface area (Å²) < 4.78 is 0. The number of hydrogen-bond donors (Lipinski definition) is 3. The molecular weight excluding hydrogens is 441 g/mol. The number of H-pyrrole nitrogens is 2. The maximum absolute atomic E-state index is 5.89. The van der Waals surface area contributed by atoms with Crippen LogP contribution in [-0.4, -0.2) is 19.9 Å². The van der Waals surface area contributed by atoms with Crippen LogP contribution in [0.3, 0.4) is 0 Å². The normalized spacial score (nSPS) is 12.0. The molecule has 6 heteroatoms. The Labute approximate surface area is 194 Å². The van der Waals surface area contributed by atoms with Crippen molar-refractivity contribution in [1.29, 1.82) is 0 Å². The van der Waals surface area contributed by atoms with Gasteiger partial charge in [0.15, 0.2) is 0 Å². The molecule has 6 rings (SSSR count). The van der Waals surface area contributed by atoms with Gasteiger partial charge in [-0.1, -0.05) is 12.1 Å². The molecule has 0 saturated heterocycles. The van der Waals surface area contributed by atoms with E-state index in [0.717, 1.165) is 61.7 Å². The number of benzene rings is 1. The predicted octanol–water partition coefficient (Wildman–Crippen LogP) is 5.90. The van der Waals surface area contributed by atoms with Crippen molar-refractivity contribution in [3.8, 4) is 11.1 Å². The van der Waals surface area contributed by atoms with Gasteiger partial charge in [0, 0.05) is 49.8 Å². The van der Waals surface area contributed by atoms with Gasteiger partial charge in [-0.05, 0) is 84.5 Å². The molecule has 4 N–H and O–H groups in total. The summed E-state index contributed by atoms with van der Waals surface area (Å²) in [6, 6.07) is 22.4. The summed E-state index contributed by atoms with van der Waals surface area (Å²) in [4.78, 5) is 16.4. The molecular formula is C26H19N5Ni. The molecule has 158 valence electrons. The molecule has 0 unspecified atom stereocenters. The minimum atomic E-state index is 0. The third kappa shape index (κ3) is 3.88. The van der Waals surface area contributed by atoms with Crippen molar-refractivity contribution in [2.45, 2.75) is 0 Å². The second-order valence-electron chi connectivity index (χ2n) is 7.71. The Morgan fingerprint density at radius 1 is 0.562 bits per heavy atom. The molecule has 8 bridgehead atoms. The van der Waals surface area contributed by atoms with Crippen LogP contribution in [0.15, 0.2) is 66.7 Å². The van der Waals surface area contributed by atoms with Crippen molar-refractivity contribution in [2.75, 3.05) is 5.73 Å². The van der Waals surface area contributed by atoms with Gasteiger partial charge >= 0.3 is 0 Å². The van der Waals surface area contributed by atoms with E-state index in [9.17, 15) is 0 Å². The van der Waals surface area contributed by atoms with Gasteiger partial charge in [-0.25, -0.2) is 9.97 Å². The SMILES string of the molecule is Nc1ccc(-c2cc3cc4nc(cc5ccc(cc6nc(cc2[nH]3)C=C6)[nH]5)C=C4)cc1.[Ni]. The molecule has 0 spiro atoms. The number of aromatic nitrogens is 4. The van der Waals surface area contributed by atoms with Crippen molar-refractivity contribution in [1.82, 2.24) is 19.9 Å². The summed E-state index contributed by atoms with van der Waals surface area (Å²) in [5.41, 5.74) is 16.4. The van der Waals surface area contributed by atoms with E-state index in [4.69, 9.17) is 15.7 Å². The number of nitrogens with zero attached hydrogens (tertiary/aromatic N) is 2. The van der Waals surface area contributed by atoms with E-state index in [-0.39, 0.29) is 16.5 Å². The fourth-order valence-electron chi connectivity index (χ4n) is 3.92. The minimum Gasteiger partial charge on any atom is -0.399 e. The number of anilines is 1. The van der Waals surface area contributed by atoms with Crippen LogP contribution in [0.1, 0.15) is 22.8 Å². The first kappa shape index (κ1) is 20.0. The minimum absolute atomic E-state index is 0. The molecule has 0 amide bonds. The number of nitrogen functional groups attached to an aromatic ring is 1. The van der Waals surface area contributed by atoms with Crippen molar-refractivity contribution in [3.05, 3.63) is 89.5 Å². The molecule has 0 fully saturated rings. The van der Waals surface area contributed by atoms with Gasteiger partial charge in [0.2, 0.25) is 0 Å². The quantitative estimate of drug-likeness (QED) is 0.211. The molecule has 3 aromatic heterocycles. The Morgan fingerprint density at radius 3 is 1.69 bits per heavy atom. The molecule has 2 aliphatic heterocycles. The maximum atomic E-state index is 5.89. The van der Waals surface area contributed by atoms with Gasteiger partial charge in [-0.2, -0.15) is 0 Å². The second-order valence-corrected chi connectivity index (χ2v) is 7.71. The third-order valence-corrected chi connectivity index (χ3v) is 5.39. The average molecular weight is 460 g/mol.